The van der Waals surface area contributed by atoms with E-state index in [2.05, 4.69) is 25.4 Å². The number of anilines is 3. The van der Waals surface area contributed by atoms with Gasteiger partial charge in [0, 0.05) is 17.7 Å². The Labute approximate surface area is 168 Å². The molecule has 2 atom stereocenters. The maximum absolute atomic E-state index is 12.5. The van der Waals surface area contributed by atoms with Crippen LogP contribution in [0.5, 0.6) is 0 Å². The van der Waals surface area contributed by atoms with Crippen molar-refractivity contribution in [3.63, 3.8) is 0 Å². The molecule has 0 aliphatic carbocycles. The summed E-state index contributed by atoms with van der Waals surface area (Å²) in [5, 5.41) is 7.37. The van der Waals surface area contributed by atoms with Gasteiger partial charge in [0.25, 0.3) is 0 Å². The Hall–Kier alpha value is -2.92. The number of nitrogens with one attached hydrogen (secondary N) is 1. The van der Waals surface area contributed by atoms with Gasteiger partial charge < -0.3 is 14.6 Å². The first-order chi connectivity index (χ1) is 13.9. The molecule has 0 aromatic carbocycles. The van der Waals surface area contributed by atoms with Gasteiger partial charge in [-0.1, -0.05) is 0 Å². The second kappa shape index (κ2) is 6.56. The van der Waals surface area contributed by atoms with Gasteiger partial charge in [-0.05, 0) is 31.2 Å². The maximum Gasteiger partial charge on any atom is 0.416 e. The third kappa shape index (κ3) is 3.25. The Kier molecular flexibility index (Phi) is 4.10. The minimum atomic E-state index is -1.67. The highest BCUT2D eigenvalue weighted by Gasteiger charge is 2.40. The Bertz CT molecular complexity index is 1120. The van der Waals surface area contributed by atoms with Crippen molar-refractivity contribution in [1.29, 1.82) is 0 Å². The zero-order valence-electron chi connectivity index (χ0n) is 16.1. The average Bonchev–Trinajstić information content (AvgIpc) is 3.27. The van der Waals surface area contributed by atoms with Gasteiger partial charge in [-0.15, -0.1) is 10.3 Å². The molecule has 5 rings (SSSR count). The van der Waals surface area contributed by atoms with Gasteiger partial charge in [0.15, 0.2) is 11.5 Å². The van der Waals surface area contributed by atoms with Crippen LogP contribution in [0.2, 0.25) is 0 Å². The molecule has 152 valence electrons. The Morgan fingerprint density at radius 3 is 3.03 bits per heavy atom. The number of aryl methyl sites for hydroxylation is 1. The van der Waals surface area contributed by atoms with Crippen molar-refractivity contribution in [3.05, 3.63) is 35.9 Å². The molecule has 0 radical (unpaired) electrons. The highest BCUT2D eigenvalue weighted by Crippen LogP contribution is 2.48. The van der Waals surface area contributed by atoms with Crippen LogP contribution in [0.25, 0.3) is 5.65 Å². The Balaban J connectivity index is 1.49. The van der Waals surface area contributed by atoms with Crippen molar-refractivity contribution in [3.8, 4) is 0 Å². The molecule has 3 aromatic heterocycles. The first kappa shape index (κ1) is 18.1. The summed E-state index contributed by atoms with van der Waals surface area (Å²) in [5.74, 6) is 2.20. The summed E-state index contributed by atoms with van der Waals surface area (Å²) < 4.78 is 17.4. The molecule has 0 spiro atoms. The fourth-order valence-electron chi connectivity index (χ4n) is 3.77. The number of rotatable bonds is 3. The quantitative estimate of drug-likeness (QED) is 0.670. The molecule has 3 aromatic rings. The summed E-state index contributed by atoms with van der Waals surface area (Å²) in [6.45, 7) is 2.10. The second-order valence-electron chi connectivity index (χ2n) is 7.56. The third-order valence-electron chi connectivity index (χ3n) is 5.29. The van der Waals surface area contributed by atoms with Gasteiger partial charge in [-0.2, -0.15) is 10.1 Å². The molecule has 2 aliphatic heterocycles. The highest BCUT2D eigenvalue weighted by atomic mass is 32.3. The smallest absolute Gasteiger partial charge is 0.416 e. The summed E-state index contributed by atoms with van der Waals surface area (Å²) in [6, 6.07) is 1.79. The van der Waals surface area contributed by atoms with Crippen LogP contribution < -0.4 is 10.2 Å². The lowest BCUT2D eigenvalue weighted by Gasteiger charge is -2.33. The number of hydrogen-bond acceptors (Lipinski definition) is 8. The van der Waals surface area contributed by atoms with Crippen molar-refractivity contribution < 1.29 is 14.1 Å². The van der Waals surface area contributed by atoms with E-state index in [1.54, 1.807) is 15.6 Å². The predicted octanol–water partition coefficient (Wildman–Crippen LogP) is 2.71. The molecule has 2 N–H and O–H groups in total. The highest BCUT2D eigenvalue weighted by molar-refractivity contribution is 8.28. The minimum Gasteiger partial charge on any atom is -0.444 e. The van der Waals surface area contributed by atoms with Gasteiger partial charge in [-0.25, -0.2) is 19.3 Å². The lowest BCUT2D eigenvalue weighted by atomic mass is 10.2. The van der Waals surface area contributed by atoms with Crippen LogP contribution in [0.3, 0.4) is 0 Å². The van der Waals surface area contributed by atoms with Crippen LogP contribution in [0.4, 0.5) is 22.2 Å². The van der Waals surface area contributed by atoms with Crippen LogP contribution in [-0.4, -0.2) is 59.0 Å². The Morgan fingerprint density at radius 1 is 1.38 bits per heavy atom. The van der Waals surface area contributed by atoms with E-state index in [1.807, 2.05) is 25.4 Å². The monoisotopic (exact) mass is 415 g/mol. The standard InChI is InChI=1S/C18H21N7O3S/c1-11-5-15-20-10-21-24(15)7-14(11)22-17-19-6-12-8-28-18(26)25(16(12)23-17)13-3-4-29(2,27)9-13/h5-7,10,13,27H,3-4,8-9H2,1-2H3,(H,19,22,23). The summed E-state index contributed by atoms with van der Waals surface area (Å²) in [6.07, 6.45) is 7.17. The normalized spacial score (nSPS) is 26.1. The maximum atomic E-state index is 12.5. The number of aromatic nitrogens is 5. The van der Waals surface area contributed by atoms with Crippen LogP contribution in [-0.2, 0) is 11.3 Å². The van der Waals surface area contributed by atoms with E-state index in [1.165, 1.54) is 6.33 Å². The van der Waals surface area contributed by atoms with E-state index < -0.39 is 16.4 Å². The number of cyclic esters (lactones) is 1. The number of ether oxygens (including phenoxy) is 1. The van der Waals surface area contributed by atoms with Gasteiger partial charge in [0.05, 0.1) is 23.5 Å². The Morgan fingerprint density at radius 2 is 2.24 bits per heavy atom. The molecule has 5 heterocycles. The number of carbonyl (C=O) groups is 1. The number of amides is 1. The fraction of sp³-hybridized carbons (Fsp3) is 0.389. The number of hydrogen-bond donors (Lipinski definition) is 2. The fourth-order valence-corrected chi connectivity index (χ4v) is 5.86. The van der Waals surface area contributed by atoms with Gasteiger partial charge >= 0.3 is 6.09 Å². The van der Waals surface area contributed by atoms with E-state index in [9.17, 15) is 9.35 Å². The SMILES string of the molecule is Cc1cc2ncnn2cc1Nc1ncc2c(n1)N(C1CCS(C)(O)C1)C(=O)OC2. The molecule has 0 bridgehead atoms. The van der Waals surface area contributed by atoms with Crippen molar-refractivity contribution in [2.75, 3.05) is 28.0 Å². The van der Waals surface area contributed by atoms with Crippen LogP contribution >= 0.6 is 10.3 Å². The van der Waals surface area contributed by atoms with E-state index >= 15 is 0 Å². The zero-order valence-corrected chi connectivity index (χ0v) is 16.9. The molecule has 2 aliphatic rings. The lowest BCUT2D eigenvalue weighted by molar-refractivity contribution is 0.138. The first-order valence-electron chi connectivity index (χ1n) is 9.25. The largest absolute Gasteiger partial charge is 0.444 e. The molecular formula is C18H21N7O3S. The van der Waals surface area contributed by atoms with E-state index in [0.717, 1.165) is 28.9 Å². The van der Waals surface area contributed by atoms with Gasteiger partial charge in [0.1, 0.15) is 12.9 Å². The summed E-state index contributed by atoms with van der Waals surface area (Å²) in [5.41, 5.74) is 3.27. The van der Waals surface area contributed by atoms with Crippen molar-refractivity contribution in [2.45, 2.75) is 26.0 Å². The molecule has 2 unspecified atom stereocenters. The third-order valence-corrected chi connectivity index (χ3v) is 7.51. The minimum absolute atomic E-state index is 0.123. The van der Waals surface area contributed by atoms with E-state index in [-0.39, 0.29) is 12.6 Å². The predicted molar refractivity (Wildman–Crippen MR) is 110 cm³/mol. The molecule has 11 heteroatoms. The van der Waals surface area contributed by atoms with Crippen LogP contribution in [0, 0.1) is 6.92 Å². The van der Waals surface area contributed by atoms with Crippen molar-refractivity contribution in [1.82, 2.24) is 24.6 Å². The number of fused-ring (bicyclic) bond motifs is 2. The average molecular weight is 415 g/mol. The number of pyridine rings is 1. The van der Waals surface area contributed by atoms with Crippen molar-refractivity contribution in [2.24, 2.45) is 0 Å². The van der Waals surface area contributed by atoms with Crippen LogP contribution in [0.1, 0.15) is 17.5 Å². The van der Waals surface area contributed by atoms with Gasteiger partial charge in [0.2, 0.25) is 5.95 Å². The topological polar surface area (TPSA) is 118 Å². The van der Waals surface area contributed by atoms with Crippen LogP contribution in [0.15, 0.2) is 24.8 Å². The lowest BCUT2D eigenvalue weighted by Crippen LogP contribution is -2.45. The van der Waals surface area contributed by atoms with Crippen molar-refractivity contribution >= 4 is 39.5 Å². The molecular weight excluding hydrogens is 394 g/mol. The number of carbonyl (C=O) groups excluding carboxylic acids is 1. The van der Waals surface area contributed by atoms with E-state index in [0.29, 0.717) is 23.3 Å². The summed E-state index contributed by atoms with van der Waals surface area (Å²) in [7, 11) is -1.67. The summed E-state index contributed by atoms with van der Waals surface area (Å²) >= 11 is 0. The van der Waals surface area contributed by atoms with Gasteiger partial charge in [-0.3, -0.25) is 4.90 Å². The second-order valence-corrected chi connectivity index (χ2v) is 10.7. The summed E-state index contributed by atoms with van der Waals surface area (Å²) in [4.78, 5) is 27.3. The number of nitrogens with zero attached hydrogens (tertiary/aromatic N) is 6. The molecule has 1 saturated heterocycles. The molecule has 0 saturated carbocycles. The zero-order chi connectivity index (χ0) is 20.2. The molecule has 10 nitrogen and oxygen atoms in total. The first-order valence-corrected chi connectivity index (χ1v) is 11.6. The molecule has 1 amide bonds. The molecule has 1 fully saturated rings. The van der Waals surface area contributed by atoms with E-state index in [4.69, 9.17) is 4.74 Å². The molecule has 29 heavy (non-hydrogen) atoms.